The summed E-state index contributed by atoms with van der Waals surface area (Å²) in [7, 11) is -3.19. The van der Waals surface area contributed by atoms with Crippen molar-refractivity contribution in [2.24, 2.45) is 10.9 Å². The molecule has 39 heavy (non-hydrogen) atoms. The summed E-state index contributed by atoms with van der Waals surface area (Å²) in [6.07, 6.45) is 8.15. The third kappa shape index (κ3) is 7.46. The van der Waals surface area contributed by atoms with E-state index in [0.717, 1.165) is 15.6 Å². The Balaban J connectivity index is 1.54. The molecule has 1 amide bonds. The van der Waals surface area contributed by atoms with Crippen LogP contribution in [0.25, 0.3) is 0 Å². The number of halogens is 2. The van der Waals surface area contributed by atoms with Crippen molar-refractivity contribution in [1.82, 2.24) is 9.80 Å². The fourth-order valence-electron chi connectivity index (χ4n) is 5.48. The summed E-state index contributed by atoms with van der Waals surface area (Å²) in [6, 6.07) is 7.42. The van der Waals surface area contributed by atoms with E-state index < -0.39 is 16.5 Å². The first kappa shape index (κ1) is 29.7. The molecule has 0 saturated carbocycles. The van der Waals surface area contributed by atoms with Crippen molar-refractivity contribution in [2.45, 2.75) is 51.5 Å². The number of allylic oxidation sites excluding steroid dienone is 3. The van der Waals surface area contributed by atoms with E-state index in [1.807, 2.05) is 24.6 Å². The summed E-state index contributed by atoms with van der Waals surface area (Å²) in [6.45, 7) is 5.31. The summed E-state index contributed by atoms with van der Waals surface area (Å²) >= 11 is 2.12. The molecule has 0 N–H and O–H groups in total. The largest absolute Gasteiger partial charge is 0.353 e. The van der Waals surface area contributed by atoms with E-state index in [1.54, 1.807) is 17.0 Å². The van der Waals surface area contributed by atoms with Crippen molar-refractivity contribution >= 4 is 50.4 Å². The van der Waals surface area contributed by atoms with Gasteiger partial charge in [-0.2, -0.15) is 5.26 Å². The fraction of sp³-hybridized carbons (Fsp3) is 0.536. The molecule has 0 bridgehead atoms. The molecular formula is C28H35FIN5O3S. The summed E-state index contributed by atoms with van der Waals surface area (Å²) in [4.78, 5) is 24.0. The first-order valence-corrected chi connectivity index (χ1v) is 16.3. The Morgan fingerprint density at radius 1 is 1.23 bits per heavy atom. The van der Waals surface area contributed by atoms with Gasteiger partial charge >= 0.3 is 0 Å². The van der Waals surface area contributed by atoms with Crippen LogP contribution in [-0.4, -0.2) is 86.8 Å². The molecule has 8 nitrogen and oxygen atoms in total. The normalized spacial score (nSPS) is 26.0. The van der Waals surface area contributed by atoms with Gasteiger partial charge in [0.25, 0.3) is 0 Å². The van der Waals surface area contributed by atoms with E-state index in [0.29, 0.717) is 37.3 Å². The third-order valence-electron chi connectivity index (χ3n) is 7.80. The number of nitrogens with zero attached hydrogens (tertiary/aromatic N) is 5. The second-order valence-corrected chi connectivity index (χ2v) is 14.4. The Morgan fingerprint density at radius 3 is 2.67 bits per heavy atom. The van der Waals surface area contributed by atoms with Crippen LogP contribution in [0.4, 0.5) is 10.1 Å². The van der Waals surface area contributed by atoms with Gasteiger partial charge in [0.15, 0.2) is 0 Å². The van der Waals surface area contributed by atoms with E-state index in [1.165, 1.54) is 11.8 Å². The van der Waals surface area contributed by atoms with Gasteiger partial charge in [0.2, 0.25) is 5.91 Å². The maximum Gasteiger partial charge on any atom is 0.241 e. The van der Waals surface area contributed by atoms with E-state index in [4.69, 9.17) is 0 Å². The van der Waals surface area contributed by atoms with Crippen LogP contribution in [0.15, 0.2) is 46.5 Å². The Labute approximate surface area is 244 Å². The van der Waals surface area contributed by atoms with Crippen LogP contribution in [0, 0.1) is 20.8 Å². The Hall–Kier alpha value is -2.30. The van der Waals surface area contributed by atoms with Crippen molar-refractivity contribution in [3.05, 3.63) is 50.6 Å². The quantitative estimate of drug-likeness (QED) is 0.373. The molecule has 1 aromatic rings. The van der Waals surface area contributed by atoms with Crippen LogP contribution in [0.1, 0.15) is 32.3 Å². The first-order chi connectivity index (χ1) is 18.5. The van der Waals surface area contributed by atoms with Crippen LogP contribution in [-0.2, 0) is 21.3 Å². The number of amides is 1. The number of piperazine rings is 1. The first-order valence-electron chi connectivity index (χ1n) is 13.1. The van der Waals surface area contributed by atoms with Gasteiger partial charge in [0.05, 0.1) is 36.8 Å². The van der Waals surface area contributed by atoms with Crippen molar-refractivity contribution in [3.63, 3.8) is 0 Å². The molecule has 0 radical (unpaired) electrons. The van der Waals surface area contributed by atoms with E-state index in [9.17, 15) is 22.9 Å². The summed E-state index contributed by atoms with van der Waals surface area (Å²) < 4.78 is 38.4. The number of aliphatic imine (C=N–C) groups is 1. The smallest absolute Gasteiger partial charge is 0.241 e. The molecule has 4 rings (SSSR count). The van der Waals surface area contributed by atoms with Crippen molar-refractivity contribution < 1.29 is 17.6 Å². The molecule has 0 spiro atoms. The molecule has 1 saturated heterocycles. The summed E-state index contributed by atoms with van der Waals surface area (Å²) in [5, 5.41) is 9.24. The number of alkyl halides is 1. The maximum atomic E-state index is 13.5. The topological polar surface area (TPSA) is 97.1 Å². The number of hydrogen-bond acceptors (Lipinski definition) is 7. The zero-order valence-corrected chi connectivity index (χ0v) is 25.5. The monoisotopic (exact) mass is 667 g/mol. The molecule has 1 fully saturated rings. The van der Waals surface area contributed by atoms with Crippen molar-refractivity contribution in [1.29, 1.82) is 5.26 Å². The highest BCUT2D eigenvalue weighted by Crippen LogP contribution is 2.29. The highest BCUT2D eigenvalue weighted by molar-refractivity contribution is 14.1. The van der Waals surface area contributed by atoms with Gasteiger partial charge in [-0.1, -0.05) is 13.0 Å². The van der Waals surface area contributed by atoms with Crippen molar-refractivity contribution in [2.75, 3.05) is 43.1 Å². The Bertz CT molecular complexity index is 1340. The number of hydrogen-bond donors (Lipinski definition) is 0. The Morgan fingerprint density at radius 2 is 2.00 bits per heavy atom. The Kier molecular flexibility index (Phi) is 9.49. The predicted octanol–water partition coefficient (Wildman–Crippen LogP) is 3.73. The van der Waals surface area contributed by atoms with Gasteiger partial charge < -0.3 is 9.80 Å². The molecular weight excluding hydrogens is 632 g/mol. The molecule has 1 aliphatic carbocycles. The molecule has 0 aromatic heterocycles. The van der Waals surface area contributed by atoms with Gasteiger partial charge in [-0.15, -0.1) is 0 Å². The fourth-order valence-corrected chi connectivity index (χ4v) is 6.90. The van der Waals surface area contributed by atoms with Gasteiger partial charge in [0, 0.05) is 46.8 Å². The van der Waals surface area contributed by atoms with Crippen LogP contribution < -0.4 is 4.90 Å². The lowest BCUT2D eigenvalue weighted by Crippen LogP contribution is -2.60. The molecule has 210 valence electrons. The van der Waals surface area contributed by atoms with Gasteiger partial charge in [-0.3, -0.25) is 14.7 Å². The molecule has 1 aromatic carbocycles. The molecule has 2 heterocycles. The van der Waals surface area contributed by atoms with E-state index >= 15 is 0 Å². The predicted molar refractivity (Wildman–Crippen MR) is 160 cm³/mol. The highest BCUT2D eigenvalue weighted by atomic mass is 127. The zero-order chi connectivity index (χ0) is 28.3. The minimum atomic E-state index is -3.19. The lowest BCUT2D eigenvalue weighted by atomic mass is 9.88. The van der Waals surface area contributed by atoms with Crippen molar-refractivity contribution in [3.8, 4) is 6.07 Å². The average Bonchev–Trinajstić information content (AvgIpc) is 3.22. The van der Waals surface area contributed by atoms with Crippen LogP contribution >= 0.6 is 22.6 Å². The molecule has 11 heteroatoms. The van der Waals surface area contributed by atoms with Gasteiger partial charge in [-0.05, 0) is 83.7 Å². The van der Waals surface area contributed by atoms with E-state index in [2.05, 4.69) is 57.3 Å². The van der Waals surface area contributed by atoms with Gasteiger partial charge in [-0.25, -0.2) is 12.8 Å². The maximum absolute atomic E-state index is 13.5. The minimum Gasteiger partial charge on any atom is -0.353 e. The van der Waals surface area contributed by atoms with Crippen LogP contribution in [0.3, 0.4) is 0 Å². The number of nitriles is 1. The molecule has 4 atom stereocenters. The SMILES string of the molecule is CC1CC(C#N)=CC=C1CN1C=NC(C)C1CN1CC(=O)N(c2cc(I)cc(CF)c2)C[C@@H]1CCS(C)(=O)=O. The summed E-state index contributed by atoms with van der Waals surface area (Å²) in [5.41, 5.74) is 3.17. The number of sulfone groups is 1. The number of anilines is 1. The minimum absolute atomic E-state index is 0.0150. The number of carbonyl (C=O) groups excluding carboxylic acids is 1. The lowest BCUT2D eigenvalue weighted by Gasteiger charge is -2.43. The van der Waals surface area contributed by atoms with Gasteiger partial charge in [0.1, 0.15) is 16.5 Å². The third-order valence-corrected chi connectivity index (χ3v) is 9.40. The highest BCUT2D eigenvalue weighted by Gasteiger charge is 2.38. The number of benzene rings is 1. The van der Waals surface area contributed by atoms with E-state index in [-0.39, 0.29) is 42.2 Å². The number of carbonyl (C=O) groups is 1. The second kappa shape index (κ2) is 12.5. The standard InChI is InChI=1S/C28H35FIN5O3S/c1-19-8-21(13-31)4-5-23(19)14-34-18-32-20(2)27(34)16-33-17-28(36)35(15-25(33)6-7-39(3,37)38)26-10-22(12-29)9-24(30)11-26/h4-5,9-11,18-20,25,27H,6-8,12,14-17H2,1-3H3/t19?,20?,25-,27?/m0/s1. The molecule has 3 aliphatic rings. The second-order valence-electron chi connectivity index (χ2n) is 10.9. The van der Waals surface area contributed by atoms with Crippen LogP contribution in [0.2, 0.25) is 0 Å². The van der Waals surface area contributed by atoms with Crippen LogP contribution in [0.5, 0.6) is 0 Å². The molecule has 3 unspecified atom stereocenters. The summed E-state index contributed by atoms with van der Waals surface area (Å²) in [5.74, 6) is 0.190. The zero-order valence-electron chi connectivity index (χ0n) is 22.6. The molecule has 2 aliphatic heterocycles. The average molecular weight is 668 g/mol. The number of rotatable bonds is 9. The lowest BCUT2D eigenvalue weighted by molar-refractivity contribution is -0.122.